The van der Waals surface area contributed by atoms with Gasteiger partial charge in [0.2, 0.25) is 11.9 Å². The molecule has 2 N–H and O–H groups in total. The van der Waals surface area contributed by atoms with E-state index < -0.39 is 11.8 Å². The standard InChI is InChI=1S/C28H36FN7O2/c1-18(2)19-4-5-22(35-11-7-28(8-12-35)9-13-38-28)21-15-30-24(14-20(19)21)33-25-31-17-32-26(34-25)36-10-6-23(37)27(3,29)16-36/h4-5,14-15,17-18,23,37H,6-13,16H2,1-3H3,(H,30,31,32,33,34)/t23-,27+/m1/s1. The average molecular weight is 522 g/mol. The van der Waals surface area contributed by atoms with Crippen LogP contribution in [0.15, 0.2) is 30.7 Å². The number of hydrogen-bond donors (Lipinski definition) is 2. The van der Waals surface area contributed by atoms with Crippen molar-refractivity contribution in [3.63, 3.8) is 0 Å². The van der Waals surface area contributed by atoms with E-state index in [0.29, 0.717) is 36.6 Å². The van der Waals surface area contributed by atoms with E-state index >= 15 is 0 Å². The van der Waals surface area contributed by atoms with Crippen molar-refractivity contribution < 1.29 is 14.2 Å². The summed E-state index contributed by atoms with van der Waals surface area (Å²) in [6, 6.07) is 6.53. The highest BCUT2D eigenvalue weighted by Crippen LogP contribution is 2.40. The second kappa shape index (κ2) is 9.57. The van der Waals surface area contributed by atoms with E-state index in [2.05, 4.69) is 57.2 Å². The van der Waals surface area contributed by atoms with Crippen molar-refractivity contribution in [1.82, 2.24) is 19.9 Å². The monoisotopic (exact) mass is 521 g/mol. The van der Waals surface area contributed by atoms with Crippen LogP contribution in [0.3, 0.4) is 0 Å². The van der Waals surface area contributed by atoms with E-state index in [-0.39, 0.29) is 12.1 Å². The molecular weight excluding hydrogens is 485 g/mol. The Kier molecular flexibility index (Phi) is 6.34. The van der Waals surface area contributed by atoms with Gasteiger partial charge in [0.15, 0.2) is 5.67 Å². The van der Waals surface area contributed by atoms with Crippen molar-refractivity contribution in [1.29, 1.82) is 0 Å². The van der Waals surface area contributed by atoms with Gasteiger partial charge in [-0.2, -0.15) is 4.98 Å². The van der Waals surface area contributed by atoms with Crippen molar-refractivity contribution in [2.45, 2.75) is 69.7 Å². The molecule has 3 fully saturated rings. The maximum Gasteiger partial charge on any atom is 0.233 e. The molecule has 10 heteroatoms. The van der Waals surface area contributed by atoms with E-state index in [0.717, 1.165) is 43.3 Å². The van der Waals surface area contributed by atoms with E-state index in [4.69, 9.17) is 9.72 Å². The lowest BCUT2D eigenvalue weighted by molar-refractivity contribution is -0.158. The van der Waals surface area contributed by atoms with Gasteiger partial charge in [-0.05, 0) is 61.6 Å². The average Bonchev–Trinajstić information content (AvgIpc) is 2.89. The van der Waals surface area contributed by atoms with E-state index in [1.165, 1.54) is 30.9 Å². The zero-order valence-electron chi connectivity index (χ0n) is 22.3. The molecule has 0 amide bonds. The molecule has 3 aromatic rings. The van der Waals surface area contributed by atoms with Crippen molar-refractivity contribution in [2.24, 2.45) is 0 Å². The van der Waals surface area contributed by atoms with Gasteiger partial charge in [0.25, 0.3) is 0 Å². The number of fused-ring (bicyclic) bond motifs is 1. The molecule has 3 aliphatic heterocycles. The van der Waals surface area contributed by atoms with E-state index in [1.807, 2.05) is 6.20 Å². The zero-order chi connectivity index (χ0) is 26.5. The summed E-state index contributed by atoms with van der Waals surface area (Å²) >= 11 is 0. The molecule has 0 saturated carbocycles. The molecule has 0 bridgehead atoms. The van der Waals surface area contributed by atoms with Crippen LogP contribution in [0.25, 0.3) is 10.8 Å². The third-order valence-corrected chi connectivity index (χ3v) is 8.46. The van der Waals surface area contributed by atoms with Crippen LogP contribution in [0.5, 0.6) is 0 Å². The zero-order valence-corrected chi connectivity index (χ0v) is 22.3. The number of alkyl halides is 1. The molecule has 0 aliphatic carbocycles. The number of aliphatic hydroxyl groups is 1. The van der Waals surface area contributed by atoms with Gasteiger partial charge in [0.1, 0.15) is 12.1 Å². The number of benzene rings is 1. The van der Waals surface area contributed by atoms with Crippen molar-refractivity contribution in [3.8, 4) is 0 Å². The van der Waals surface area contributed by atoms with Gasteiger partial charge in [0, 0.05) is 36.9 Å². The highest BCUT2D eigenvalue weighted by Gasteiger charge is 2.41. The van der Waals surface area contributed by atoms with Gasteiger partial charge in [-0.25, -0.2) is 19.3 Å². The fraction of sp³-hybridized carbons (Fsp3) is 0.571. The van der Waals surface area contributed by atoms with Gasteiger partial charge in [0.05, 0.1) is 24.9 Å². The second-order valence-corrected chi connectivity index (χ2v) is 11.5. The molecule has 6 rings (SSSR count). The quantitative estimate of drug-likeness (QED) is 0.508. The number of pyridine rings is 1. The number of nitrogens with one attached hydrogen (secondary N) is 1. The van der Waals surface area contributed by atoms with E-state index in [9.17, 15) is 9.50 Å². The van der Waals surface area contributed by atoms with Gasteiger partial charge in [-0.15, -0.1) is 0 Å². The topological polar surface area (TPSA) is 99.5 Å². The Morgan fingerprint density at radius 1 is 1.08 bits per heavy atom. The van der Waals surface area contributed by atoms with Crippen molar-refractivity contribution in [2.75, 3.05) is 47.9 Å². The molecule has 0 unspecified atom stereocenters. The van der Waals surface area contributed by atoms with Crippen molar-refractivity contribution >= 4 is 34.2 Å². The molecule has 3 saturated heterocycles. The molecule has 2 aromatic heterocycles. The normalized spacial score (nSPS) is 25.2. The van der Waals surface area contributed by atoms with Crippen molar-refractivity contribution in [3.05, 3.63) is 36.3 Å². The summed E-state index contributed by atoms with van der Waals surface area (Å²) in [6.45, 7) is 9.17. The molecule has 9 nitrogen and oxygen atoms in total. The molecule has 2 atom stereocenters. The van der Waals surface area contributed by atoms with Crippen LogP contribution in [-0.2, 0) is 4.74 Å². The lowest BCUT2D eigenvalue weighted by atomic mass is 9.84. The Bertz CT molecular complexity index is 1320. The largest absolute Gasteiger partial charge is 0.390 e. The van der Waals surface area contributed by atoms with Gasteiger partial charge < -0.3 is 25.0 Å². The number of aromatic nitrogens is 4. The molecule has 202 valence electrons. The molecule has 0 radical (unpaired) electrons. The number of piperidine rings is 2. The Hall–Kier alpha value is -3.11. The number of halogens is 1. The summed E-state index contributed by atoms with van der Waals surface area (Å²) in [6.07, 6.45) is 5.98. The summed E-state index contributed by atoms with van der Waals surface area (Å²) in [5.74, 6) is 1.71. The molecule has 1 aromatic carbocycles. The Morgan fingerprint density at radius 2 is 1.87 bits per heavy atom. The molecule has 5 heterocycles. The summed E-state index contributed by atoms with van der Waals surface area (Å²) in [5.41, 5.74) is 0.861. The van der Waals surface area contributed by atoms with E-state index in [1.54, 1.807) is 4.90 Å². The number of anilines is 4. The predicted molar refractivity (Wildman–Crippen MR) is 146 cm³/mol. The lowest BCUT2D eigenvalue weighted by Crippen LogP contribution is -2.52. The van der Waals surface area contributed by atoms with Crippen LogP contribution in [-0.4, -0.2) is 75.2 Å². The lowest BCUT2D eigenvalue weighted by Gasteiger charge is -2.48. The van der Waals surface area contributed by atoms with Crippen LogP contribution < -0.4 is 15.1 Å². The first-order valence-corrected chi connectivity index (χ1v) is 13.6. The minimum Gasteiger partial charge on any atom is -0.390 e. The molecule has 3 aliphatic rings. The second-order valence-electron chi connectivity index (χ2n) is 11.5. The van der Waals surface area contributed by atoms with Gasteiger partial charge in [-0.1, -0.05) is 19.9 Å². The summed E-state index contributed by atoms with van der Waals surface area (Å²) in [5, 5.41) is 15.5. The third kappa shape index (κ3) is 4.64. The number of rotatable bonds is 5. The highest BCUT2D eigenvalue weighted by atomic mass is 19.1. The van der Waals surface area contributed by atoms with Crippen LogP contribution >= 0.6 is 0 Å². The van der Waals surface area contributed by atoms with Gasteiger partial charge >= 0.3 is 0 Å². The first-order chi connectivity index (χ1) is 18.2. The highest BCUT2D eigenvalue weighted by molar-refractivity contribution is 5.97. The minimum absolute atomic E-state index is 0.0239. The maximum atomic E-state index is 14.7. The first kappa shape index (κ1) is 25.2. The fourth-order valence-electron chi connectivity index (χ4n) is 5.96. The SMILES string of the molecule is CC(C)c1ccc(N2CCC3(CCO3)CC2)c2cnc(Nc3ncnc(N4CC[C@@H](O)[C@@](C)(F)C4)n3)cc12. The molecule has 1 spiro atoms. The van der Waals surface area contributed by atoms with Crippen LogP contribution in [0.2, 0.25) is 0 Å². The Morgan fingerprint density at radius 3 is 2.55 bits per heavy atom. The Balaban J connectivity index is 1.26. The maximum absolute atomic E-state index is 14.7. The fourth-order valence-corrected chi connectivity index (χ4v) is 5.96. The van der Waals surface area contributed by atoms with Crippen LogP contribution in [0.1, 0.15) is 57.9 Å². The third-order valence-electron chi connectivity index (χ3n) is 8.46. The summed E-state index contributed by atoms with van der Waals surface area (Å²) < 4.78 is 20.6. The van der Waals surface area contributed by atoms with Crippen LogP contribution in [0.4, 0.5) is 27.8 Å². The molecular formula is C28H36FN7O2. The number of aliphatic hydroxyl groups excluding tert-OH is 1. The first-order valence-electron chi connectivity index (χ1n) is 13.6. The minimum atomic E-state index is -1.72. The van der Waals surface area contributed by atoms with Crippen LogP contribution in [0, 0.1) is 0 Å². The smallest absolute Gasteiger partial charge is 0.233 e. The number of ether oxygens (including phenoxy) is 1. The molecule has 38 heavy (non-hydrogen) atoms. The number of hydrogen-bond acceptors (Lipinski definition) is 9. The van der Waals surface area contributed by atoms with Gasteiger partial charge in [-0.3, -0.25) is 0 Å². The summed E-state index contributed by atoms with van der Waals surface area (Å²) in [4.78, 5) is 22.0. The number of nitrogens with zero attached hydrogens (tertiary/aromatic N) is 6. The Labute approximate surface area is 222 Å². The summed E-state index contributed by atoms with van der Waals surface area (Å²) in [7, 11) is 0. The predicted octanol–water partition coefficient (Wildman–Crippen LogP) is 4.35.